The number of fused-ring (bicyclic) bond motifs is 24. The Labute approximate surface area is 594 Å². The molecule has 0 spiro atoms. The maximum atomic E-state index is 7.13. The molecule has 0 radical (unpaired) electrons. The normalized spacial score (nSPS) is 21.3. The van der Waals surface area contributed by atoms with Crippen LogP contribution in [0.1, 0.15) is 101 Å². The number of anilines is 10. The summed E-state index contributed by atoms with van der Waals surface area (Å²) in [6.07, 6.45) is 10.4. The molecule has 6 aliphatic heterocycles. The van der Waals surface area contributed by atoms with E-state index in [4.69, 9.17) is 4.42 Å². The van der Waals surface area contributed by atoms with Crippen LogP contribution in [-0.2, 0) is 17.3 Å². The zero-order valence-electron chi connectivity index (χ0n) is 57.9. The molecule has 486 valence electrons. The Kier molecular flexibility index (Phi) is 10.8. The van der Waals surface area contributed by atoms with Crippen LogP contribution < -0.4 is 41.5 Å². The molecule has 0 N–H and O–H groups in total. The van der Waals surface area contributed by atoms with E-state index in [9.17, 15) is 0 Å². The van der Waals surface area contributed by atoms with E-state index in [1.54, 1.807) is 0 Å². The highest BCUT2D eigenvalue weighted by molar-refractivity contribution is 6.91. The van der Waals surface area contributed by atoms with Gasteiger partial charge < -0.3 is 33.0 Å². The molecule has 0 bridgehead atoms. The van der Waals surface area contributed by atoms with Crippen molar-refractivity contribution in [3.05, 3.63) is 277 Å². The smallest absolute Gasteiger partial charge is 0.336 e. The standard InChI is InChI=1S/C93H72B2N6O/c1-90-46-16-18-48-92(90,3)98-78-53-61(96(57-27-8-5-9-28-57)58-29-10-6-11-30-58)51-71-65-37-22-39-67-73-55-70-63(35-21-36-64(70)86(73)100(84(65)67)94(82(71)78)76-43-24-41-74(90)87(76)98)56-26-20-33-60(50-56)97(59-31-12-7-13-32-59)62-52-72-66-38-23-40-69-81-68-34-14-15-45-80(68)102-89(81)101(85(66)69)95-77-44-25-42-75-88(77)99(79(54-62)83(72)95)93(4)49-19-17-47-91(75,93)2/h5-15,20-45,50-54H,16-19,46-49,55H2,1-4H3. The first kappa shape index (κ1) is 56.6. The Morgan fingerprint density at radius 3 is 1.45 bits per heavy atom. The number of rotatable bonds is 7. The molecule has 2 saturated carbocycles. The maximum Gasteiger partial charge on any atom is 0.336 e. The summed E-state index contributed by atoms with van der Waals surface area (Å²) in [4.78, 5) is 10.8. The van der Waals surface area contributed by atoms with Gasteiger partial charge in [0.15, 0.2) is 5.71 Å². The molecule has 15 aromatic rings. The summed E-state index contributed by atoms with van der Waals surface area (Å²) in [5.41, 5.74) is 38.4. The van der Waals surface area contributed by atoms with Gasteiger partial charge in [0.2, 0.25) is 0 Å². The van der Waals surface area contributed by atoms with Gasteiger partial charge in [-0.2, -0.15) is 0 Å². The van der Waals surface area contributed by atoms with Crippen LogP contribution in [-0.4, -0.2) is 33.7 Å². The van der Waals surface area contributed by atoms with E-state index in [0.29, 0.717) is 0 Å². The summed E-state index contributed by atoms with van der Waals surface area (Å²) >= 11 is 0. The second kappa shape index (κ2) is 19.5. The van der Waals surface area contributed by atoms with Gasteiger partial charge in [-0.15, -0.1) is 0 Å². The second-order valence-corrected chi connectivity index (χ2v) is 31.9. The zero-order chi connectivity index (χ0) is 67.0. The highest BCUT2D eigenvalue weighted by atomic mass is 16.3. The van der Waals surface area contributed by atoms with Gasteiger partial charge in [-0.1, -0.05) is 215 Å². The maximum absolute atomic E-state index is 7.13. The fourth-order valence-corrected chi connectivity index (χ4v) is 22.8. The molecule has 4 unspecified atom stereocenters. The first-order valence-electron chi connectivity index (χ1n) is 37.4. The fraction of sp³-hybridized carbons (Fsp3) is 0.183. The van der Waals surface area contributed by atoms with Crippen LogP contribution in [0, 0.1) is 0 Å². The van der Waals surface area contributed by atoms with Crippen molar-refractivity contribution in [2.75, 3.05) is 19.6 Å². The molecule has 102 heavy (non-hydrogen) atoms. The van der Waals surface area contributed by atoms with Gasteiger partial charge in [0.05, 0.1) is 16.5 Å². The average Bonchev–Trinajstić information content (AvgIpc) is 1.48. The number of para-hydroxylation sites is 8. The minimum absolute atomic E-state index is 0.0248. The Bertz CT molecular complexity index is 6230. The van der Waals surface area contributed by atoms with E-state index in [1.807, 2.05) is 0 Å². The average molecular weight is 1310 g/mol. The van der Waals surface area contributed by atoms with Gasteiger partial charge in [-0.3, -0.25) is 0 Å². The fourth-order valence-electron chi connectivity index (χ4n) is 22.8. The number of benzene rings is 12. The largest absolute Gasteiger partial charge is 0.441 e. The summed E-state index contributed by atoms with van der Waals surface area (Å²) in [5.74, 6) is 0. The molecule has 9 heterocycles. The van der Waals surface area contributed by atoms with Gasteiger partial charge in [0.1, 0.15) is 5.58 Å². The number of furan rings is 1. The van der Waals surface area contributed by atoms with Gasteiger partial charge in [-0.05, 0) is 185 Å². The molecule has 2 fully saturated rings. The lowest BCUT2D eigenvalue weighted by atomic mass is 9.45. The van der Waals surface area contributed by atoms with E-state index in [-0.39, 0.29) is 35.6 Å². The van der Waals surface area contributed by atoms with Gasteiger partial charge in [-0.25, -0.2) is 0 Å². The molecule has 7 nitrogen and oxygen atoms in total. The molecular weight excluding hydrogens is 1240 g/mol. The summed E-state index contributed by atoms with van der Waals surface area (Å²) in [5, 5.41) is 4.97. The number of hydrogen-bond donors (Lipinski definition) is 0. The number of hydrogen-bond acceptors (Lipinski definition) is 5. The molecular formula is C93H72B2N6O. The van der Waals surface area contributed by atoms with E-state index < -0.39 is 0 Å². The van der Waals surface area contributed by atoms with Crippen LogP contribution in [0.5, 0.6) is 0 Å². The minimum Gasteiger partial charge on any atom is -0.441 e. The van der Waals surface area contributed by atoms with Crippen LogP contribution in [0.3, 0.4) is 0 Å². The highest BCUT2D eigenvalue weighted by Gasteiger charge is 2.64. The van der Waals surface area contributed by atoms with Crippen LogP contribution in [0.25, 0.3) is 88.5 Å². The van der Waals surface area contributed by atoms with Crippen LogP contribution in [0.2, 0.25) is 0 Å². The lowest BCUT2D eigenvalue weighted by Crippen LogP contribution is -2.62. The van der Waals surface area contributed by atoms with Crippen molar-refractivity contribution in [3.63, 3.8) is 0 Å². The molecule has 12 aromatic carbocycles. The third-order valence-corrected chi connectivity index (χ3v) is 27.5. The van der Waals surface area contributed by atoms with E-state index in [1.165, 1.54) is 182 Å². The SMILES string of the molecule is CC12CCCCC1(C)N1c3cc(N(c4ccccc4)c4ccccc4)cc4c3B(c3cccc2c31)n1c2c(c3cccc-4c31)Cc1c(-c3cccc(N(c4ccccc4)c4cc5c6c(c4)N4c7c(cccc7C7(C)CCCCC47C)B6n4c6oc7ccccc7c6c6cccc-5c64)c3)cccc1-2. The molecule has 0 saturated heterocycles. The quantitative estimate of drug-likeness (QED) is 0.149. The zero-order valence-corrected chi connectivity index (χ0v) is 57.9. The number of aromatic nitrogens is 2. The predicted molar refractivity (Wildman–Crippen MR) is 425 cm³/mol. The van der Waals surface area contributed by atoms with Crippen molar-refractivity contribution in [1.82, 2.24) is 8.96 Å². The van der Waals surface area contributed by atoms with Crippen molar-refractivity contribution in [2.24, 2.45) is 0 Å². The summed E-state index contributed by atoms with van der Waals surface area (Å²) in [7, 11) is 0. The van der Waals surface area contributed by atoms with Gasteiger partial charge in [0, 0.05) is 124 Å². The summed E-state index contributed by atoms with van der Waals surface area (Å²) in [6.45, 7) is 10.3. The monoisotopic (exact) mass is 1310 g/mol. The van der Waals surface area contributed by atoms with Gasteiger partial charge >= 0.3 is 13.7 Å². The third-order valence-electron chi connectivity index (χ3n) is 27.5. The van der Waals surface area contributed by atoms with Crippen molar-refractivity contribution in [1.29, 1.82) is 0 Å². The second-order valence-electron chi connectivity index (χ2n) is 31.9. The summed E-state index contributed by atoms with van der Waals surface area (Å²) in [6, 6.07) is 97.9. The van der Waals surface area contributed by atoms with E-state index in [2.05, 4.69) is 311 Å². The van der Waals surface area contributed by atoms with Crippen LogP contribution >= 0.6 is 0 Å². The first-order valence-corrected chi connectivity index (χ1v) is 37.4. The molecule has 3 aromatic heterocycles. The lowest BCUT2D eigenvalue weighted by Gasteiger charge is -2.52. The molecule has 4 atom stereocenters. The lowest BCUT2D eigenvalue weighted by molar-refractivity contribution is 0.195. The Morgan fingerprint density at radius 1 is 0.373 bits per heavy atom. The predicted octanol–water partition coefficient (Wildman–Crippen LogP) is 21.1. The Balaban J connectivity index is 0.705. The van der Waals surface area contributed by atoms with E-state index >= 15 is 0 Å². The summed E-state index contributed by atoms with van der Waals surface area (Å²) < 4.78 is 12.6. The Hall–Kier alpha value is -11.2. The Morgan fingerprint density at radius 2 is 0.843 bits per heavy atom. The van der Waals surface area contributed by atoms with Crippen molar-refractivity contribution >= 4 is 136 Å². The van der Waals surface area contributed by atoms with Crippen molar-refractivity contribution < 1.29 is 4.42 Å². The minimum atomic E-state index is -0.148. The number of nitrogens with zero attached hydrogens (tertiary/aromatic N) is 6. The molecule has 24 rings (SSSR count). The molecule has 0 amide bonds. The molecule has 9 heteroatoms. The van der Waals surface area contributed by atoms with Crippen molar-refractivity contribution in [2.45, 2.75) is 107 Å². The highest BCUT2D eigenvalue weighted by Crippen LogP contribution is 2.65. The van der Waals surface area contributed by atoms with Crippen molar-refractivity contribution in [3.8, 4) is 44.6 Å². The third kappa shape index (κ3) is 6.70. The van der Waals surface area contributed by atoms with Crippen LogP contribution in [0.15, 0.2) is 259 Å². The topological polar surface area (TPSA) is 36.0 Å². The van der Waals surface area contributed by atoms with E-state index in [0.717, 1.165) is 65.4 Å². The van der Waals surface area contributed by atoms with Crippen LogP contribution in [0.4, 0.5) is 56.9 Å². The molecule has 9 aliphatic rings. The first-order chi connectivity index (χ1) is 50.1. The van der Waals surface area contributed by atoms with Gasteiger partial charge in [0.25, 0.3) is 0 Å². The molecule has 3 aliphatic carbocycles.